The fraction of sp³-hybridized carbons (Fsp3) is 0.185. The Balaban J connectivity index is 1.81. The van der Waals surface area contributed by atoms with E-state index < -0.39 is 5.41 Å². The van der Waals surface area contributed by atoms with Crippen LogP contribution in [0.15, 0.2) is 66.0 Å². The number of pyridine rings is 3. The number of aromatic nitrogens is 5. The molecule has 4 aromatic heterocycles. The predicted octanol–water partition coefficient (Wildman–Crippen LogP) is 4.17. The monoisotopic (exact) mass is 474 g/mol. The molecule has 1 aromatic carbocycles. The molecular weight excluding hydrogens is 452 g/mol. The van der Waals surface area contributed by atoms with Gasteiger partial charge in [-0.05, 0) is 49.7 Å². The molecule has 0 radical (unpaired) electrons. The molecule has 5 rings (SSSR count). The van der Waals surface area contributed by atoms with Gasteiger partial charge in [-0.15, -0.1) is 4.99 Å². The van der Waals surface area contributed by atoms with Crippen molar-refractivity contribution in [3.8, 4) is 35.0 Å². The van der Waals surface area contributed by atoms with Crippen LogP contribution in [-0.4, -0.2) is 31.2 Å². The second-order valence-corrected chi connectivity index (χ2v) is 8.86. The summed E-state index contributed by atoms with van der Waals surface area (Å²) in [5.74, 6) is 0.544. The highest BCUT2D eigenvalue weighted by molar-refractivity contribution is 6.04. The Morgan fingerprint density at radius 2 is 1.75 bits per heavy atom. The Kier molecular flexibility index (Phi) is 5.46. The van der Waals surface area contributed by atoms with Gasteiger partial charge in [0.1, 0.15) is 0 Å². The minimum atomic E-state index is -0.722. The zero-order chi connectivity index (χ0) is 25.4. The first-order valence-corrected chi connectivity index (χ1v) is 11.2. The summed E-state index contributed by atoms with van der Waals surface area (Å²) in [6.45, 7) is 3.65. The van der Waals surface area contributed by atoms with Crippen molar-refractivity contribution < 1.29 is 4.74 Å². The maximum absolute atomic E-state index is 9.49. The number of aryl methyl sites for hydroxylation is 1. The number of fused-ring (bicyclic) bond motifs is 3. The number of imidazole rings is 1. The number of nitriles is 2. The van der Waals surface area contributed by atoms with Gasteiger partial charge in [0.25, 0.3) is 0 Å². The largest absolute Gasteiger partial charge is 0.481 e. The third-order valence-electron chi connectivity index (χ3n) is 6.26. The number of benzene rings is 1. The van der Waals surface area contributed by atoms with Gasteiger partial charge in [-0.1, -0.05) is 6.07 Å². The van der Waals surface area contributed by atoms with Gasteiger partial charge in [-0.3, -0.25) is 14.5 Å². The van der Waals surface area contributed by atoms with Crippen LogP contribution >= 0.6 is 0 Å². The minimum Gasteiger partial charge on any atom is -0.481 e. The summed E-state index contributed by atoms with van der Waals surface area (Å²) < 4.78 is 8.92. The Labute approximate surface area is 207 Å². The van der Waals surface area contributed by atoms with Crippen LogP contribution in [0.1, 0.15) is 19.5 Å². The molecule has 0 aliphatic heterocycles. The van der Waals surface area contributed by atoms with Gasteiger partial charge in [-0.25, -0.2) is 4.98 Å². The molecule has 5 aromatic rings. The molecule has 0 atom stereocenters. The number of rotatable bonds is 4. The van der Waals surface area contributed by atoms with Crippen molar-refractivity contribution in [1.82, 2.24) is 24.1 Å². The Morgan fingerprint density at radius 3 is 2.39 bits per heavy atom. The standard InChI is InChI=1S/C27H22N8O/c1-27(2,15-28)23-9-7-19(13-31-23)35-25-20-11-17(18-6-10-24(36-4)32-12-18)5-8-21(20)30-14-22(25)34(3)26(35)33-16-29/h5-14H,1-4H3. The van der Waals surface area contributed by atoms with Crippen molar-refractivity contribution in [2.75, 3.05) is 7.11 Å². The quantitative estimate of drug-likeness (QED) is 0.361. The molecule has 0 bridgehead atoms. The Bertz CT molecular complexity index is 1760. The first kappa shape index (κ1) is 22.8. The van der Waals surface area contributed by atoms with Gasteiger partial charge in [0, 0.05) is 30.3 Å². The third-order valence-corrected chi connectivity index (χ3v) is 6.26. The van der Waals surface area contributed by atoms with Crippen molar-refractivity contribution in [2.24, 2.45) is 12.0 Å². The molecule has 0 aliphatic carbocycles. The zero-order valence-electron chi connectivity index (χ0n) is 20.3. The molecule has 176 valence electrons. The summed E-state index contributed by atoms with van der Waals surface area (Å²) in [6, 6.07) is 15.8. The molecular formula is C27H22N8O. The lowest BCUT2D eigenvalue weighted by Crippen LogP contribution is -2.23. The van der Waals surface area contributed by atoms with Crippen molar-refractivity contribution in [3.63, 3.8) is 0 Å². The second-order valence-electron chi connectivity index (χ2n) is 8.86. The molecule has 0 saturated heterocycles. The molecule has 4 heterocycles. The SMILES string of the molecule is COc1ccc(-c2ccc3ncc4c(c3c2)n(-c2ccc(C(C)(C)C#N)nc2)c(=NC#N)n4C)cn1. The molecule has 9 nitrogen and oxygen atoms in total. The van der Waals surface area contributed by atoms with Crippen LogP contribution in [0.5, 0.6) is 5.88 Å². The van der Waals surface area contributed by atoms with Gasteiger partial charge in [0.15, 0.2) is 0 Å². The van der Waals surface area contributed by atoms with Crippen LogP contribution in [0.3, 0.4) is 0 Å². The van der Waals surface area contributed by atoms with Gasteiger partial charge in [0.05, 0.1) is 58.9 Å². The van der Waals surface area contributed by atoms with Crippen LogP contribution in [0.2, 0.25) is 0 Å². The highest BCUT2D eigenvalue weighted by Gasteiger charge is 2.22. The van der Waals surface area contributed by atoms with E-state index >= 15 is 0 Å². The molecule has 9 heteroatoms. The number of hydrogen-bond acceptors (Lipinski definition) is 7. The second kappa shape index (κ2) is 8.64. The fourth-order valence-electron chi connectivity index (χ4n) is 4.22. The predicted molar refractivity (Wildman–Crippen MR) is 135 cm³/mol. The third kappa shape index (κ3) is 3.64. The lowest BCUT2D eigenvalue weighted by atomic mass is 9.91. The molecule has 0 N–H and O–H groups in total. The summed E-state index contributed by atoms with van der Waals surface area (Å²) in [4.78, 5) is 17.7. The van der Waals surface area contributed by atoms with E-state index in [1.165, 1.54) is 0 Å². The normalized spacial score (nSPS) is 12.0. The molecule has 0 aliphatic rings. The van der Waals surface area contributed by atoms with Gasteiger partial charge < -0.3 is 9.30 Å². The summed E-state index contributed by atoms with van der Waals surface area (Å²) in [6.07, 6.45) is 7.16. The van der Waals surface area contributed by atoms with Crippen LogP contribution < -0.4 is 10.4 Å². The average Bonchev–Trinajstić information content (AvgIpc) is 3.20. The minimum absolute atomic E-state index is 0.437. The van der Waals surface area contributed by atoms with Gasteiger partial charge in [0.2, 0.25) is 17.7 Å². The van der Waals surface area contributed by atoms with Crippen molar-refractivity contribution >= 4 is 21.9 Å². The van der Waals surface area contributed by atoms with E-state index in [4.69, 9.17) is 4.74 Å². The number of hydrogen-bond donors (Lipinski definition) is 0. The van der Waals surface area contributed by atoms with E-state index in [1.807, 2.05) is 72.6 Å². The molecule has 0 unspecified atom stereocenters. The van der Waals surface area contributed by atoms with E-state index in [2.05, 4.69) is 32.1 Å². The van der Waals surface area contributed by atoms with E-state index in [9.17, 15) is 10.5 Å². The summed E-state index contributed by atoms with van der Waals surface area (Å²) >= 11 is 0. The highest BCUT2D eigenvalue weighted by atomic mass is 16.5. The van der Waals surface area contributed by atoms with E-state index in [0.29, 0.717) is 17.2 Å². The lowest BCUT2D eigenvalue weighted by Gasteiger charge is -2.15. The number of nitrogens with zero attached hydrogens (tertiary/aromatic N) is 8. The van der Waals surface area contributed by atoms with Crippen molar-refractivity contribution in [1.29, 1.82) is 10.5 Å². The smallest absolute Gasteiger partial charge is 0.226 e. The summed E-state index contributed by atoms with van der Waals surface area (Å²) in [5.41, 5.74) is 5.44. The average molecular weight is 475 g/mol. The molecule has 0 spiro atoms. The summed E-state index contributed by atoms with van der Waals surface area (Å²) in [5, 5.41) is 19.8. The molecule has 0 saturated carbocycles. The van der Waals surface area contributed by atoms with E-state index in [-0.39, 0.29) is 0 Å². The van der Waals surface area contributed by atoms with Crippen molar-refractivity contribution in [2.45, 2.75) is 19.3 Å². The summed E-state index contributed by atoms with van der Waals surface area (Å²) in [7, 11) is 3.43. The number of ether oxygens (including phenoxy) is 1. The Hall–Kier alpha value is -5.02. The molecule has 36 heavy (non-hydrogen) atoms. The molecule has 0 amide bonds. The maximum Gasteiger partial charge on any atom is 0.226 e. The highest BCUT2D eigenvalue weighted by Crippen LogP contribution is 2.30. The van der Waals surface area contributed by atoms with E-state index in [1.54, 1.807) is 25.7 Å². The van der Waals surface area contributed by atoms with Gasteiger partial charge in [-0.2, -0.15) is 10.5 Å². The topological polar surface area (TPSA) is 118 Å². The van der Waals surface area contributed by atoms with Crippen LogP contribution in [0, 0.1) is 22.8 Å². The lowest BCUT2D eigenvalue weighted by molar-refractivity contribution is 0.398. The fourth-order valence-corrected chi connectivity index (χ4v) is 4.22. The van der Waals surface area contributed by atoms with E-state index in [0.717, 1.165) is 38.8 Å². The van der Waals surface area contributed by atoms with Crippen LogP contribution in [0.25, 0.3) is 38.8 Å². The maximum atomic E-state index is 9.49. The number of methoxy groups -OCH3 is 1. The van der Waals surface area contributed by atoms with Crippen LogP contribution in [-0.2, 0) is 12.5 Å². The first-order valence-electron chi connectivity index (χ1n) is 11.2. The zero-order valence-corrected chi connectivity index (χ0v) is 20.3. The Morgan fingerprint density at radius 1 is 0.944 bits per heavy atom. The molecule has 0 fully saturated rings. The van der Waals surface area contributed by atoms with Gasteiger partial charge >= 0.3 is 0 Å². The van der Waals surface area contributed by atoms with Crippen molar-refractivity contribution in [3.05, 3.63) is 72.4 Å². The van der Waals surface area contributed by atoms with Crippen LogP contribution in [0.4, 0.5) is 0 Å². The first-order chi connectivity index (χ1) is 17.4.